The minimum absolute atomic E-state index is 0.107. The monoisotopic (exact) mass is 1590 g/mol. The molecule has 0 aromatic heterocycles. The van der Waals surface area contributed by atoms with Crippen LogP contribution in [0.3, 0.4) is 0 Å². The summed E-state index contributed by atoms with van der Waals surface area (Å²) in [5.74, 6) is -0.545. The van der Waals surface area contributed by atoms with Crippen LogP contribution in [0.5, 0.6) is 0 Å². The molecule has 6 atom stereocenters. The van der Waals surface area contributed by atoms with E-state index in [-0.39, 0.29) is 25.7 Å². The van der Waals surface area contributed by atoms with Gasteiger partial charge in [0.15, 0.2) is 12.2 Å². The van der Waals surface area contributed by atoms with Crippen LogP contribution >= 0.6 is 15.6 Å². The Hall–Kier alpha value is -1.94. The lowest BCUT2D eigenvalue weighted by Crippen LogP contribution is -2.30. The molecule has 0 aliphatic carbocycles. The average Bonchev–Trinajstić information content (AvgIpc) is 0.901. The molecule has 0 aliphatic heterocycles. The molecule has 0 saturated heterocycles. The number of carbonyl (C=O) groups excluding carboxylic acids is 4. The van der Waals surface area contributed by atoms with E-state index in [0.29, 0.717) is 25.7 Å². The molecule has 3 unspecified atom stereocenters. The lowest BCUT2D eigenvalue weighted by molar-refractivity contribution is -0.161. The van der Waals surface area contributed by atoms with E-state index in [1.807, 2.05) is 0 Å². The van der Waals surface area contributed by atoms with Crippen LogP contribution in [0, 0.1) is 11.8 Å². The van der Waals surface area contributed by atoms with Crippen LogP contribution in [0.2, 0.25) is 0 Å². The molecule has 0 aromatic carbocycles. The molecule has 0 bridgehead atoms. The van der Waals surface area contributed by atoms with Crippen molar-refractivity contribution in [2.75, 3.05) is 39.6 Å². The van der Waals surface area contributed by atoms with Gasteiger partial charge in [0.2, 0.25) is 0 Å². The van der Waals surface area contributed by atoms with Gasteiger partial charge in [0.05, 0.1) is 26.4 Å². The predicted molar refractivity (Wildman–Crippen MR) is 451 cm³/mol. The summed E-state index contributed by atoms with van der Waals surface area (Å²) in [7, 11) is -9.93. The smallest absolute Gasteiger partial charge is 0.462 e. The third-order valence-electron chi connectivity index (χ3n) is 21.6. The molecule has 0 heterocycles. The molecule has 0 aromatic rings. The molecule has 648 valence electrons. The Morgan fingerprint density at radius 1 is 0.266 bits per heavy atom. The lowest BCUT2D eigenvalue weighted by atomic mass is 9.99. The molecule has 0 saturated carbocycles. The van der Waals surface area contributed by atoms with Crippen LogP contribution in [-0.2, 0) is 65.4 Å². The van der Waals surface area contributed by atoms with Crippen LogP contribution in [-0.4, -0.2) is 96.7 Å². The van der Waals surface area contributed by atoms with Gasteiger partial charge in [-0.05, 0) is 37.5 Å². The first kappa shape index (κ1) is 107. The molecule has 19 heteroatoms. The van der Waals surface area contributed by atoms with Crippen molar-refractivity contribution in [3.05, 3.63) is 0 Å². The van der Waals surface area contributed by atoms with Crippen molar-refractivity contribution in [2.24, 2.45) is 11.8 Å². The molecule has 0 fully saturated rings. The summed E-state index contributed by atoms with van der Waals surface area (Å²) in [6.07, 6.45) is 75.1. The van der Waals surface area contributed by atoms with Gasteiger partial charge in [0.1, 0.15) is 19.3 Å². The Bertz CT molecular complexity index is 2080. The van der Waals surface area contributed by atoms with E-state index in [9.17, 15) is 43.2 Å². The molecule has 17 nitrogen and oxygen atoms in total. The van der Waals surface area contributed by atoms with Gasteiger partial charge in [-0.25, -0.2) is 9.13 Å². The first-order valence-corrected chi connectivity index (χ1v) is 49.5. The van der Waals surface area contributed by atoms with Gasteiger partial charge in [0, 0.05) is 25.7 Å². The molecule has 0 radical (unpaired) electrons. The van der Waals surface area contributed by atoms with Gasteiger partial charge in [-0.15, -0.1) is 0 Å². The first-order valence-electron chi connectivity index (χ1n) is 46.5. The van der Waals surface area contributed by atoms with E-state index >= 15 is 0 Å². The molecule has 0 rings (SSSR count). The second-order valence-corrected chi connectivity index (χ2v) is 36.0. The maximum Gasteiger partial charge on any atom is 0.472 e. The minimum atomic E-state index is -4.97. The zero-order valence-corrected chi connectivity index (χ0v) is 73.7. The summed E-state index contributed by atoms with van der Waals surface area (Å²) in [4.78, 5) is 73.4. The standard InChI is InChI=1S/C90H176O17P2/c1-7-10-12-14-16-18-20-22-24-26-28-30-32-34-36-38-43-47-54-60-66-72-87(92)100-78-85(106-89(94)74-68-62-56-48-44-39-37-35-33-31-29-27-25-23-21-19-17-15-13-11-8-2)80-104-108(96,97)102-76-84(91)77-103-109(98,99)105-81-86(79-101-88(93)73-67-61-55-51-50-53-59-65-71-83(6)9-3)107-90(95)75-69-63-57-49-45-41-40-42-46-52-58-64-70-82(4)5/h82-86,91H,7-81H2,1-6H3,(H,96,97)(H,98,99)/t83?,84-,85-,86-/m1/s1. The number of aliphatic hydroxyl groups is 1. The number of phosphoric ester groups is 2. The average molecular weight is 1590 g/mol. The number of carbonyl (C=O) groups is 4. The second-order valence-electron chi connectivity index (χ2n) is 33.1. The summed E-state index contributed by atoms with van der Waals surface area (Å²) in [6.45, 7) is 9.70. The maximum absolute atomic E-state index is 13.2. The van der Waals surface area contributed by atoms with Crippen LogP contribution in [0.15, 0.2) is 0 Å². The van der Waals surface area contributed by atoms with Crippen molar-refractivity contribution in [3.63, 3.8) is 0 Å². The first-order chi connectivity index (χ1) is 52.9. The quantitative estimate of drug-likeness (QED) is 0.0222. The number of aliphatic hydroxyl groups excluding tert-OH is 1. The number of unbranched alkanes of at least 4 members (excludes halogenated alkanes) is 58. The third-order valence-corrected chi connectivity index (χ3v) is 23.5. The summed E-state index contributed by atoms with van der Waals surface area (Å²) in [5, 5.41) is 10.7. The Kier molecular flexibility index (Phi) is 79.8. The van der Waals surface area contributed by atoms with Crippen molar-refractivity contribution in [1.82, 2.24) is 0 Å². The van der Waals surface area contributed by atoms with Crippen LogP contribution in [0.4, 0.5) is 0 Å². The van der Waals surface area contributed by atoms with E-state index in [2.05, 4.69) is 41.5 Å². The zero-order chi connectivity index (χ0) is 79.9. The summed E-state index contributed by atoms with van der Waals surface area (Å²) < 4.78 is 69.0. The Morgan fingerprint density at radius 2 is 0.468 bits per heavy atom. The number of esters is 4. The van der Waals surface area contributed by atoms with Crippen LogP contribution in [0.25, 0.3) is 0 Å². The van der Waals surface area contributed by atoms with E-state index in [4.69, 9.17) is 37.0 Å². The van der Waals surface area contributed by atoms with Gasteiger partial charge in [0.25, 0.3) is 0 Å². The molecule has 0 amide bonds. The predicted octanol–water partition coefficient (Wildman–Crippen LogP) is 27.8. The largest absolute Gasteiger partial charge is 0.472 e. The molecule has 3 N–H and O–H groups in total. The second kappa shape index (κ2) is 81.2. The van der Waals surface area contributed by atoms with Gasteiger partial charge in [-0.1, -0.05) is 433 Å². The number of phosphoric acid groups is 2. The number of rotatable bonds is 89. The molecule has 0 spiro atoms. The highest BCUT2D eigenvalue weighted by Gasteiger charge is 2.31. The fraction of sp³-hybridized carbons (Fsp3) is 0.956. The maximum atomic E-state index is 13.2. The van der Waals surface area contributed by atoms with Crippen molar-refractivity contribution >= 4 is 39.5 Å². The highest BCUT2D eigenvalue weighted by atomic mass is 31.2. The normalized spacial score (nSPS) is 14.0. The lowest BCUT2D eigenvalue weighted by Gasteiger charge is -2.21. The SMILES string of the molecule is CCCCCCCCCCCCCCCCCCCCCCCC(=O)OC[C@H](COP(=O)(O)OC[C@@H](O)COP(=O)(O)OC[C@@H](COC(=O)CCCCCCCCCCC(C)CC)OC(=O)CCCCCCCCCCCCCCC(C)C)OC(=O)CCCCCCCCCCCCCCCCCCCCCCC. The Labute approximate surface area is 670 Å². The van der Waals surface area contributed by atoms with Crippen molar-refractivity contribution in [2.45, 2.75) is 503 Å². The van der Waals surface area contributed by atoms with Gasteiger partial charge in [-0.3, -0.25) is 37.3 Å². The molecule has 109 heavy (non-hydrogen) atoms. The topological polar surface area (TPSA) is 237 Å². The van der Waals surface area contributed by atoms with E-state index < -0.39 is 97.5 Å². The number of hydrogen-bond acceptors (Lipinski definition) is 15. The van der Waals surface area contributed by atoms with E-state index in [0.717, 1.165) is 102 Å². The van der Waals surface area contributed by atoms with Crippen molar-refractivity contribution < 1.29 is 80.2 Å². The zero-order valence-electron chi connectivity index (χ0n) is 71.9. The van der Waals surface area contributed by atoms with Crippen LogP contribution < -0.4 is 0 Å². The summed E-state index contributed by atoms with van der Waals surface area (Å²) >= 11 is 0. The Balaban J connectivity index is 5.24. The summed E-state index contributed by atoms with van der Waals surface area (Å²) in [5.41, 5.74) is 0. The molecule has 0 aliphatic rings. The highest BCUT2D eigenvalue weighted by molar-refractivity contribution is 7.47. The fourth-order valence-corrected chi connectivity index (χ4v) is 15.7. The van der Waals surface area contributed by atoms with Gasteiger partial charge in [-0.2, -0.15) is 0 Å². The number of hydrogen-bond donors (Lipinski definition) is 3. The van der Waals surface area contributed by atoms with E-state index in [1.54, 1.807) is 0 Å². The van der Waals surface area contributed by atoms with E-state index in [1.165, 1.54) is 302 Å². The summed E-state index contributed by atoms with van der Waals surface area (Å²) in [6, 6.07) is 0. The molecular formula is C90H176O17P2. The third kappa shape index (κ3) is 82.4. The number of ether oxygens (including phenoxy) is 4. The van der Waals surface area contributed by atoms with Crippen molar-refractivity contribution in [1.29, 1.82) is 0 Å². The van der Waals surface area contributed by atoms with Crippen molar-refractivity contribution in [3.8, 4) is 0 Å². The van der Waals surface area contributed by atoms with Gasteiger partial charge < -0.3 is 33.8 Å². The highest BCUT2D eigenvalue weighted by Crippen LogP contribution is 2.45. The van der Waals surface area contributed by atoms with Gasteiger partial charge >= 0.3 is 39.5 Å². The minimum Gasteiger partial charge on any atom is -0.462 e. The van der Waals surface area contributed by atoms with Crippen LogP contribution in [0.1, 0.15) is 485 Å². The fourth-order valence-electron chi connectivity index (χ4n) is 14.1. The Morgan fingerprint density at radius 3 is 0.697 bits per heavy atom. The molecular weight excluding hydrogens is 1410 g/mol.